The summed E-state index contributed by atoms with van der Waals surface area (Å²) < 4.78 is 26.3. The number of phenolic OH excluding ortho intramolecular Hbond substituents is 1. The number of aromatic nitrogens is 1. The number of rotatable bonds is 6. The van der Waals surface area contributed by atoms with Crippen LogP contribution in [0.5, 0.6) is 5.75 Å². The summed E-state index contributed by atoms with van der Waals surface area (Å²) in [6.45, 7) is 1.70. The third-order valence-corrected chi connectivity index (χ3v) is 4.90. The van der Waals surface area contributed by atoms with Crippen molar-refractivity contribution in [1.82, 2.24) is 4.98 Å². The van der Waals surface area contributed by atoms with Gasteiger partial charge in [0.05, 0.1) is 5.56 Å². The highest BCUT2D eigenvalue weighted by Crippen LogP contribution is 2.26. The maximum atomic E-state index is 13.3. The Labute approximate surface area is 169 Å². The summed E-state index contributed by atoms with van der Waals surface area (Å²) in [7, 11) is 0. The van der Waals surface area contributed by atoms with Crippen LogP contribution in [0.2, 0.25) is 0 Å². The number of phenols is 1. The molecule has 2 aromatic carbocycles. The summed E-state index contributed by atoms with van der Waals surface area (Å²) in [6, 6.07) is 7.82. The Morgan fingerprint density at radius 3 is 2.62 bits per heavy atom. The molecule has 3 aromatic rings. The molecular weight excluding hydrogens is 400 g/mol. The molecule has 3 N–H and O–H groups in total. The standard InChI is InChI=1S/C20H17F2N3O3S/c1-2-18(27)24-12-4-6-17(26)14(9-12)19(28)25-20-23-10-13(29-20)7-11-3-5-15(21)16(22)8-11/h3-6,8-10,26H,2,7H2,1H3,(H,24,27)(H,23,25,28). The van der Waals surface area contributed by atoms with Crippen LogP contribution in [0.4, 0.5) is 19.6 Å². The molecule has 0 atom stereocenters. The second kappa shape index (κ2) is 8.78. The van der Waals surface area contributed by atoms with Gasteiger partial charge in [0.15, 0.2) is 16.8 Å². The number of thiazole rings is 1. The van der Waals surface area contributed by atoms with Crippen LogP contribution in [0.3, 0.4) is 0 Å². The predicted molar refractivity (Wildman–Crippen MR) is 106 cm³/mol. The van der Waals surface area contributed by atoms with Crippen LogP contribution in [-0.4, -0.2) is 21.9 Å². The Kier molecular flexibility index (Phi) is 6.18. The number of carbonyl (C=O) groups is 2. The molecule has 6 nitrogen and oxygen atoms in total. The molecule has 1 heterocycles. The predicted octanol–water partition coefficient (Wildman–Crippen LogP) is 4.32. The largest absolute Gasteiger partial charge is 0.507 e. The van der Waals surface area contributed by atoms with Crippen molar-refractivity contribution in [3.63, 3.8) is 0 Å². The molecule has 0 bridgehead atoms. The fourth-order valence-electron chi connectivity index (χ4n) is 2.51. The summed E-state index contributed by atoms with van der Waals surface area (Å²) in [5.74, 6) is -2.89. The quantitative estimate of drug-likeness (QED) is 0.521. The van der Waals surface area contributed by atoms with Gasteiger partial charge in [-0.15, -0.1) is 11.3 Å². The van der Waals surface area contributed by atoms with E-state index in [4.69, 9.17) is 0 Å². The van der Waals surface area contributed by atoms with Gasteiger partial charge in [-0.2, -0.15) is 0 Å². The van der Waals surface area contributed by atoms with E-state index in [9.17, 15) is 23.5 Å². The molecule has 2 amide bonds. The molecule has 3 rings (SSSR count). The number of hydrogen-bond donors (Lipinski definition) is 3. The molecule has 0 saturated heterocycles. The highest BCUT2D eigenvalue weighted by atomic mass is 32.1. The topological polar surface area (TPSA) is 91.3 Å². The minimum atomic E-state index is -0.925. The number of carbonyl (C=O) groups excluding carboxylic acids is 2. The Morgan fingerprint density at radius 1 is 1.10 bits per heavy atom. The lowest BCUT2D eigenvalue weighted by atomic mass is 10.1. The van der Waals surface area contributed by atoms with E-state index >= 15 is 0 Å². The SMILES string of the molecule is CCC(=O)Nc1ccc(O)c(C(=O)Nc2ncc(Cc3ccc(F)c(F)c3)s2)c1. The maximum Gasteiger partial charge on any atom is 0.261 e. The zero-order valence-corrected chi connectivity index (χ0v) is 16.1. The average Bonchev–Trinajstić information content (AvgIpc) is 3.12. The van der Waals surface area contributed by atoms with Crippen molar-refractivity contribution in [3.8, 4) is 5.75 Å². The number of hydrogen-bond acceptors (Lipinski definition) is 5. The third-order valence-electron chi connectivity index (χ3n) is 3.98. The van der Waals surface area contributed by atoms with Crippen molar-refractivity contribution in [2.75, 3.05) is 10.6 Å². The molecule has 29 heavy (non-hydrogen) atoms. The van der Waals surface area contributed by atoms with Crippen molar-refractivity contribution in [1.29, 1.82) is 0 Å². The van der Waals surface area contributed by atoms with Gasteiger partial charge >= 0.3 is 0 Å². The van der Waals surface area contributed by atoms with E-state index in [1.807, 2.05) is 0 Å². The van der Waals surface area contributed by atoms with E-state index in [1.165, 1.54) is 41.8 Å². The van der Waals surface area contributed by atoms with Gasteiger partial charge in [-0.25, -0.2) is 13.8 Å². The number of nitrogens with one attached hydrogen (secondary N) is 2. The first-order valence-electron chi connectivity index (χ1n) is 8.68. The first-order valence-corrected chi connectivity index (χ1v) is 9.50. The van der Waals surface area contributed by atoms with Crippen molar-refractivity contribution < 1.29 is 23.5 Å². The summed E-state index contributed by atoms with van der Waals surface area (Å²) >= 11 is 1.17. The molecule has 0 aliphatic rings. The summed E-state index contributed by atoms with van der Waals surface area (Å²) in [5, 5.41) is 15.5. The maximum absolute atomic E-state index is 13.3. The van der Waals surface area contributed by atoms with Gasteiger partial charge in [0.1, 0.15) is 5.75 Å². The third kappa shape index (κ3) is 5.14. The molecule has 0 spiro atoms. The lowest BCUT2D eigenvalue weighted by Gasteiger charge is -2.08. The zero-order valence-electron chi connectivity index (χ0n) is 15.3. The second-order valence-electron chi connectivity index (χ2n) is 6.14. The minimum absolute atomic E-state index is 0.0174. The monoisotopic (exact) mass is 417 g/mol. The number of nitrogens with zero attached hydrogens (tertiary/aromatic N) is 1. The first-order chi connectivity index (χ1) is 13.9. The second-order valence-corrected chi connectivity index (χ2v) is 7.26. The van der Waals surface area contributed by atoms with E-state index in [1.54, 1.807) is 6.92 Å². The lowest BCUT2D eigenvalue weighted by Crippen LogP contribution is -2.14. The molecule has 0 saturated carbocycles. The highest BCUT2D eigenvalue weighted by molar-refractivity contribution is 7.15. The number of aromatic hydroxyl groups is 1. The molecule has 0 aliphatic heterocycles. The van der Waals surface area contributed by atoms with Crippen LogP contribution in [0, 0.1) is 11.6 Å². The van der Waals surface area contributed by atoms with Gasteiger partial charge in [0.2, 0.25) is 5.91 Å². The van der Waals surface area contributed by atoms with Gasteiger partial charge in [-0.3, -0.25) is 14.9 Å². The Balaban J connectivity index is 1.70. The van der Waals surface area contributed by atoms with Crippen LogP contribution in [0.15, 0.2) is 42.6 Å². The molecule has 1 aromatic heterocycles. The number of anilines is 2. The van der Waals surface area contributed by atoms with Gasteiger partial charge in [-0.05, 0) is 35.9 Å². The molecule has 0 fully saturated rings. The Hall–Kier alpha value is -3.33. The van der Waals surface area contributed by atoms with Crippen LogP contribution >= 0.6 is 11.3 Å². The smallest absolute Gasteiger partial charge is 0.261 e. The lowest BCUT2D eigenvalue weighted by molar-refractivity contribution is -0.115. The molecule has 0 radical (unpaired) electrons. The van der Waals surface area contributed by atoms with Gasteiger partial charge in [-0.1, -0.05) is 13.0 Å². The highest BCUT2D eigenvalue weighted by Gasteiger charge is 2.15. The number of amides is 2. The van der Waals surface area contributed by atoms with E-state index in [0.29, 0.717) is 17.7 Å². The Morgan fingerprint density at radius 2 is 1.90 bits per heavy atom. The van der Waals surface area contributed by atoms with Crippen molar-refractivity contribution in [2.24, 2.45) is 0 Å². The van der Waals surface area contributed by atoms with E-state index in [-0.39, 0.29) is 28.8 Å². The summed E-state index contributed by atoms with van der Waals surface area (Å²) in [6.07, 6.45) is 2.13. The first kappa shape index (κ1) is 20.4. The fourth-order valence-corrected chi connectivity index (χ4v) is 3.35. The van der Waals surface area contributed by atoms with Gasteiger partial charge in [0, 0.05) is 29.6 Å². The van der Waals surface area contributed by atoms with Gasteiger partial charge in [0.25, 0.3) is 5.91 Å². The normalized spacial score (nSPS) is 10.6. The average molecular weight is 417 g/mol. The molecule has 0 aliphatic carbocycles. The van der Waals surface area contributed by atoms with Gasteiger partial charge < -0.3 is 10.4 Å². The number of halogens is 2. The molecule has 0 unspecified atom stereocenters. The van der Waals surface area contributed by atoms with Crippen molar-refractivity contribution in [2.45, 2.75) is 19.8 Å². The van der Waals surface area contributed by atoms with Crippen molar-refractivity contribution in [3.05, 3.63) is 70.2 Å². The molecular formula is C20H17F2N3O3S. The van der Waals surface area contributed by atoms with E-state index < -0.39 is 17.5 Å². The zero-order chi connectivity index (χ0) is 21.0. The summed E-state index contributed by atoms with van der Waals surface area (Å²) in [4.78, 5) is 28.8. The number of benzene rings is 2. The fraction of sp³-hybridized carbons (Fsp3) is 0.150. The molecule has 150 valence electrons. The van der Waals surface area contributed by atoms with E-state index in [0.717, 1.165) is 17.0 Å². The Bertz CT molecular complexity index is 1070. The minimum Gasteiger partial charge on any atom is -0.507 e. The van der Waals surface area contributed by atoms with Crippen LogP contribution in [0.25, 0.3) is 0 Å². The molecule has 9 heteroatoms. The van der Waals surface area contributed by atoms with Crippen LogP contribution in [0.1, 0.15) is 34.1 Å². The van der Waals surface area contributed by atoms with Crippen molar-refractivity contribution >= 4 is 34.0 Å². The van der Waals surface area contributed by atoms with E-state index in [2.05, 4.69) is 15.6 Å². The summed E-state index contributed by atoms with van der Waals surface area (Å²) in [5.41, 5.74) is 0.941. The van der Waals surface area contributed by atoms with Crippen LogP contribution < -0.4 is 10.6 Å². The van der Waals surface area contributed by atoms with Crippen LogP contribution in [-0.2, 0) is 11.2 Å².